The molecule has 0 radical (unpaired) electrons. The highest BCUT2D eigenvalue weighted by molar-refractivity contribution is 6.17. The number of nitrogens with one attached hydrogen (secondary N) is 1. The molecule has 1 aromatic rings. The van der Waals surface area contributed by atoms with Gasteiger partial charge in [-0.05, 0) is 30.9 Å². The van der Waals surface area contributed by atoms with E-state index in [9.17, 15) is 0 Å². The third kappa shape index (κ3) is 3.98. The van der Waals surface area contributed by atoms with E-state index < -0.39 is 0 Å². The molecule has 1 fully saturated rings. The van der Waals surface area contributed by atoms with Crippen molar-refractivity contribution in [1.82, 2.24) is 5.32 Å². The maximum Gasteiger partial charge on any atom is 0.0704 e. The Hall–Kier alpha value is -0.570. The van der Waals surface area contributed by atoms with Gasteiger partial charge < -0.3 is 10.1 Å². The fourth-order valence-corrected chi connectivity index (χ4v) is 2.34. The Kier molecular flexibility index (Phi) is 4.84. The lowest BCUT2D eigenvalue weighted by molar-refractivity contribution is 0.0559. The van der Waals surface area contributed by atoms with E-state index in [0.717, 1.165) is 13.1 Å². The Balaban J connectivity index is 1.70. The third-order valence-electron chi connectivity index (χ3n) is 3.20. The molecule has 2 nitrogen and oxygen atoms in total. The molecule has 17 heavy (non-hydrogen) atoms. The minimum atomic E-state index is 0.395. The summed E-state index contributed by atoms with van der Waals surface area (Å²) in [6.07, 6.45) is 3.20. The van der Waals surface area contributed by atoms with Crippen LogP contribution in [-0.4, -0.2) is 18.8 Å². The smallest absolute Gasteiger partial charge is 0.0704 e. The Morgan fingerprint density at radius 2 is 1.94 bits per heavy atom. The van der Waals surface area contributed by atoms with Crippen LogP contribution in [0.3, 0.4) is 0 Å². The largest absolute Gasteiger partial charge is 0.374 e. The number of halogens is 1. The highest BCUT2D eigenvalue weighted by Crippen LogP contribution is 2.18. The average Bonchev–Trinajstić information content (AvgIpc) is 2.76. The van der Waals surface area contributed by atoms with Gasteiger partial charge in [0, 0.05) is 19.0 Å². The highest BCUT2D eigenvalue weighted by Gasteiger charge is 2.20. The summed E-state index contributed by atoms with van der Waals surface area (Å²) < 4.78 is 5.76. The van der Waals surface area contributed by atoms with Gasteiger partial charge in [-0.3, -0.25) is 0 Å². The molecule has 0 aromatic heterocycles. The number of hydrogen-bond donors (Lipinski definition) is 1. The molecule has 0 spiro atoms. The van der Waals surface area contributed by atoms with E-state index in [-0.39, 0.29) is 0 Å². The van der Waals surface area contributed by atoms with Gasteiger partial charge in [0.15, 0.2) is 0 Å². The van der Waals surface area contributed by atoms with Crippen molar-refractivity contribution in [3.8, 4) is 0 Å². The molecule has 94 valence electrons. The molecular formula is C14H20ClNO. The number of ether oxygens (including phenoxy) is 1. The second kappa shape index (κ2) is 6.39. The molecule has 0 bridgehead atoms. The van der Waals surface area contributed by atoms with E-state index in [2.05, 4.69) is 36.5 Å². The van der Waals surface area contributed by atoms with E-state index in [1.165, 1.54) is 24.0 Å². The second-order valence-corrected chi connectivity index (χ2v) is 4.99. The monoisotopic (exact) mass is 253 g/mol. The van der Waals surface area contributed by atoms with Crippen LogP contribution >= 0.6 is 11.6 Å². The maximum absolute atomic E-state index is 5.76. The number of hydrogen-bond acceptors (Lipinski definition) is 2. The average molecular weight is 254 g/mol. The van der Waals surface area contributed by atoms with Crippen molar-refractivity contribution in [2.45, 2.75) is 44.4 Å². The van der Waals surface area contributed by atoms with Gasteiger partial charge in [-0.1, -0.05) is 24.3 Å². The van der Waals surface area contributed by atoms with Gasteiger partial charge in [-0.25, -0.2) is 0 Å². The minimum absolute atomic E-state index is 0.395. The van der Waals surface area contributed by atoms with Crippen molar-refractivity contribution >= 4 is 11.6 Å². The minimum Gasteiger partial charge on any atom is -0.374 e. The van der Waals surface area contributed by atoms with Gasteiger partial charge in [-0.15, -0.1) is 11.6 Å². The zero-order valence-electron chi connectivity index (χ0n) is 10.3. The molecule has 1 saturated heterocycles. The van der Waals surface area contributed by atoms with Crippen LogP contribution in [0.25, 0.3) is 0 Å². The lowest BCUT2D eigenvalue weighted by Crippen LogP contribution is -2.26. The number of alkyl halides is 1. The molecule has 0 amide bonds. The van der Waals surface area contributed by atoms with E-state index in [1.807, 2.05) is 0 Å². The van der Waals surface area contributed by atoms with Crippen molar-refractivity contribution in [2.24, 2.45) is 0 Å². The Morgan fingerprint density at radius 3 is 2.53 bits per heavy atom. The maximum atomic E-state index is 5.76. The van der Waals surface area contributed by atoms with Gasteiger partial charge in [0.25, 0.3) is 0 Å². The molecular weight excluding hydrogens is 234 g/mol. The van der Waals surface area contributed by atoms with Crippen LogP contribution in [0, 0.1) is 0 Å². The number of benzene rings is 1. The molecule has 0 aliphatic carbocycles. The fraction of sp³-hybridized carbons (Fsp3) is 0.571. The predicted molar refractivity (Wildman–Crippen MR) is 71.3 cm³/mol. The zero-order valence-corrected chi connectivity index (χ0v) is 11.0. The fourth-order valence-electron chi connectivity index (χ4n) is 2.16. The van der Waals surface area contributed by atoms with E-state index in [0.29, 0.717) is 18.1 Å². The summed E-state index contributed by atoms with van der Waals surface area (Å²) in [6, 6.07) is 8.42. The van der Waals surface area contributed by atoms with Crippen molar-refractivity contribution in [3.05, 3.63) is 35.4 Å². The van der Waals surface area contributed by atoms with Crippen molar-refractivity contribution in [1.29, 1.82) is 0 Å². The van der Waals surface area contributed by atoms with Gasteiger partial charge in [0.1, 0.15) is 0 Å². The van der Waals surface area contributed by atoms with Crippen LogP contribution in [0.15, 0.2) is 24.3 Å². The lowest BCUT2D eigenvalue weighted by Gasteiger charge is -2.12. The first-order valence-corrected chi connectivity index (χ1v) is 6.81. The summed E-state index contributed by atoms with van der Waals surface area (Å²) in [7, 11) is 0. The van der Waals surface area contributed by atoms with Gasteiger partial charge in [0.2, 0.25) is 0 Å². The molecule has 0 saturated carbocycles. The van der Waals surface area contributed by atoms with Gasteiger partial charge >= 0.3 is 0 Å². The third-order valence-corrected chi connectivity index (χ3v) is 3.51. The van der Waals surface area contributed by atoms with Crippen LogP contribution in [0.1, 0.15) is 30.9 Å². The summed E-state index contributed by atoms with van der Waals surface area (Å²) in [5.74, 6) is 0.585. The quantitative estimate of drug-likeness (QED) is 0.815. The SMILES string of the molecule is CC1CCC(CNCc2ccc(CCl)cc2)O1. The first-order chi connectivity index (χ1) is 8.28. The van der Waals surface area contributed by atoms with Gasteiger partial charge in [0.05, 0.1) is 12.2 Å². The normalized spacial score (nSPS) is 24.1. The van der Waals surface area contributed by atoms with Crippen LogP contribution in [0.5, 0.6) is 0 Å². The van der Waals surface area contributed by atoms with Crippen LogP contribution in [-0.2, 0) is 17.2 Å². The van der Waals surface area contributed by atoms with Gasteiger partial charge in [-0.2, -0.15) is 0 Å². The Morgan fingerprint density at radius 1 is 1.24 bits per heavy atom. The van der Waals surface area contributed by atoms with Crippen molar-refractivity contribution < 1.29 is 4.74 Å². The van der Waals surface area contributed by atoms with E-state index in [1.54, 1.807) is 0 Å². The van der Waals surface area contributed by atoms with Crippen molar-refractivity contribution in [2.75, 3.05) is 6.54 Å². The van der Waals surface area contributed by atoms with Crippen LogP contribution < -0.4 is 5.32 Å². The lowest BCUT2D eigenvalue weighted by atomic mass is 10.1. The second-order valence-electron chi connectivity index (χ2n) is 4.73. The molecule has 2 rings (SSSR count). The summed E-state index contributed by atoms with van der Waals surface area (Å²) in [5.41, 5.74) is 2.47. The van der Waals surface area contributed by atoms with Crippen LogP contribution in [0.4, 0.5) is 0 Å². The summed E-state index contributed by atoms with van der Waals surface area (Å²) >= 11 is 5.75. The molecule has 1 N–H and O–H groups in total. The van der Waals surface area contributed by atoms with Crippen LogP contribution in [0.2, 0.25) is 0 Å². The molecule has 1 aliphatic rings. The summed E-state index contributed by atoms with van der Waals surface area (Å²) in [5, 5.41) is 3.44. The van der Waals surface area contributed by atoms with Crippen molar-refractivity contribution in [3.63, 3.8) is 0 Å². The summed E-state index contributed by atoms with van der Waals surface area (Å²) in [4.78, 5) is 0. The Labute approximate surface area is 108 Å². The molecule has 2 atom stereocenters. The summed E-state index contributed by atoms with van der Waals surface area (Å²) in [6.45, 7) is 3.99. The Bertz CT molecular complexity index is 339. The predicted octanol–water partition coefficient (Wildman–Crippen LogP) is 3.08. The first-order valence-electron chi connectivity index (χ1n) is 6.28. The molecule has 2 unspecified atom stereocenters. The highest BCUT2D eigenvalue weighted by atomic mass is 35.5. The zero-order chi connectivity index (χ0) is 12.1. The van der Waals surface area contributed by atoms with E-state index in [4.69, 9.17) is 16.3 Å². The van der Waals surface area contributed by atoms with E-state index >= 15 is 0 Å². The molecule has 3 heteroatoms. The first kappa shape index (κ1) is 12.9. The number of rotatable bonds is 5. The topological polar surface area (TPSA) is 21.3 Å². The molecule has 1 aliphatic heterocycles. The molecule has 1 heterocycles. The molecule has 1 aromatic carbocycles. The standard InChI is InChI=1S/C14H20ClNO/c1-11-2-7-14(17-11)10-16-9-13-5-3-12(8-15)4-6-13/h3-6,11,14,16H,2,7-10H2,1H3.